The minimum atomic E-state index is -3.26. The maximum absolute atomic E-state index is 12.2. The van der Waals surface area contributed by atoms with Crippen molar-refractivity contribution in [1.82, 2.24) is 8.61 Å². The van der Waals surface area contributed by atoms with Crippen LogP contribution in [0.1, 0.15) is 27.2 Å². The molecule has 1 rings (SSSR count). The van der Waals surface area contributed by atoms with Crippen LogP contribution in [-0.4, -0.2) is 49.2 Å². The van der Waals surface area contributed by atoms with Crippen LogP contribution in [0, 0.1) is 5.92 Å². The fraction of sp³-hybridized carbons (Fsp3) is 1.00. The summed E-state index contributed by atoms with van der Waals surface area (Å²) in [4.78, 5) is 0. The number of rotatable bonds is 5. The first kappa shape index (κ1) is 17.1. The molecule has 1 saturated heterocycles. The van der Waals surface area contributed by atoms with E-state index in [2.05, 4.69) is 0 Å². The molecule has 1 fully saturated rings. The van der Waals surface area contributed by atoms with Crippen molar-refractivity contribution in [2.45, 2.75) is 33.2 Å². The van der Waals surface area contributed by atoms with Crippen LogP contribution in [0.15, 0.2) is 0 Å². The molecule has 1 aliphatic heterocycles. The molecule has 1 heterocycles. The van der Waals surface area contributed by atoms with Crippen molar-refractivity contribution in [2.24, 2.45) is 11.7 Å². The summed E-state index contributed by atoms with van der Waals surface area (Å²) in [5, 5.41) is 0. The van der Waals surface area contributed by atoms with Crippen LogP contribution in [0.4, 0.5) is 0 Å². The molecule has 7 heteroatoms. The summed E-state index contributed by atoms with van der Waals surface area (Å²) >= 11 is 0. The Balaban J connectivity index is 0.00000256. The lowest BCUT2D eigenvalue weighted by Gasteiger charge is -2.25. The summed E-state index contributed by atoms with van der Waals surface area (Å²) in [6.45, 7) is 7.89. The van der Waals surface area contributed by atoms with E-state index in [4.69, 9.17) is 5.73 Å². The third-order valence-corrected chi connectivity index (χ3v) is 5.44. The normalized spacial score (nSPS) is 23.7. The second kappa shape index (κ2) is 6.89. The highest BCUT2D eigenvalue weighted by atomic mass is 35.5. The summed E-state index contributed by atoms with van der Waals surface area (Å²) in [5.41, 5.74) is 5.81. The van der Waals surface area contributed by atoms with Gasteiger partial charge in [-0.2, -0.15) is 17.0 Å². The fourth-order valence-electron chi connectivity index (χ4n) is 2.11. The molecule has 2 N–H and O–H groups in total. The Kier molecular flexibility index (Phi) is 6.94. The Morgan fingerprint density at radius 1 is 1.41 bits per heavy atom. The van der Waals surface area contributed by atoms with Gasteiger partial charge in [-0.05, 0) is 19.3 Å². The van der Waals surface area contributed by atoms with Crippen molar-refractivity contribution >= 4 is 22.6 Å². The second-order valence-electron chi connectivity index (χ2n) is 4.36. The predicted octanol–water partition coefficient (Wildman–Crippen LogP) is 0.664. The van der Waals surface area contributed by atoms with Crippen LogP contribution in [0.25, 0.3) is 0 Å². The van der Waals surface area contributed by atoms with E-state index in [-0.39, 0.29) is 18.4 Å². The lowest BCUT2D eigenvalue weighted by atomic mass is 10.0. The van der Waals surface area contributed by atoms with Crippen LogP contribution in [-0.2, 0) is 10.2 Å². The Labute approximate surface area is 111 Å². The van der Waals surface area contributed by atoms with Crippen LogP contribution in [0.5, 0.6) is 0 Å². The molecule has 5 nitrogen and oxygen atoms in total. The van der Waals surface area contributed by atoms with Gasteiger partial charge in [-0.25, -0.2) is 0 Å². The van der Waals surface area contributed by atoms with Gasteiger partial charge in [0.25, 0.3) is 10.2 Å². The number of halogens is 1. The Bertz CT molecular complexity index is 318. The monoisotopic (exact) mass is 285 g/mol. The lowest BCUT2D eigenvalue weighted by molar-refractivity contribution is 0.367. The highest BCUT2D eigenvalue weighted by Gasteiger charge is 2.35. The molecule has 0 saturated carbocycles. The first-order valence-electron chi connectivity index (χ1n) is 5.94. The first-order valence-corrected chi connectivity index (χ1v) is 7.34. The van der Waals surface area contributed by atoms with Gasteiger partial charge in [-0.15, -0.1) is 12.4 Å². The van der Waals surface area contributed by atoms with Crippen molar-refractivity contribution < 1.29 is 8.42 Å². The molecule has 0 amide bonds. The molecule has 17 heavy (non-hydrogen) atoms. The highest BCUT2D eigenvalue weighted by Crippen LogP contribution is 2.23. The number of nitrogens with two attached hydrogens (primary N) is 1. The molecule has 0 bridgehead atoms. The van der Waals surface area contributed by atoms with Gasteiger partial charge in [0.1, 0.15) is 0 Å². The third-order valence-electron chi connectivity index (χ3n) is 3.29. The van der Waals surface area contributed by atoms with Crippen LogP contribution >= 0.6 is 12.4 Å². The van der Waals surface area contributed by atoms with E-state index < -0.39 is 10.2 Å². The van der Waals surface area contributed by atoms with E-state index in [1.807, 2.05) is 20.8 Å². The van der Waals surface area contributed by atoms with Gasteiger partial charge in [0.15, 0.2) is 0 Å². The van der Waals surface area contributed by atoms with Crippen molar-refractivity contribution in [2.75, 3.05) is 26.2 Å². The zero-order valence-corrected chi connectivity index (χ0v) is 12.4. The van der Waals surface area contributed by atoms with Crippen molar-refractivity contribution in [3.63, 3.8) is 0 Å². The largest absolute Gasteiger partial charge is 0.328 e. The van der Waals surface area contributed by atoms with Gasteiger partial charge in [-0.1, -0.05) is 13.8 Å². The van der Waals surface area contributed by atoms with Crippen molar-refractivity contribution in [3.8, 4) is 0 Å². The average molecular weight is 286 g/mol. The molecule has 0 aromatic heterocycles. The van der Waals surface area contributed by atoms with Gasteiger partial charge in [0, 0.05) is 32.2 Å². The van der Waals surface area contributed by atoms with Gasteiger partial charge >= 0.3 is 0 Å². The fourth-order valence-corrected chi connectivity index (χ4v) is 3.80. The smallest absolute Gasteiger partial charge is 0.281 e. The topological polar surface area (TPSA) is 66.6 Å². The third kappa shape index (κ3) is 3.79. The molecule has 1 aliphatic rings. The molecule has 0 aromatic rings. The molecule has 0 aliphatic carbocycles. The molecule has 104 valence electrons. The molecule has 0 aromatic carbocycles. The summed E-state index contributed by atoms with van der Waals surface area (Å²) < 4.78 is 27.4. The average Bonchev–Trinajstić information content (AvgIpc) is 2.68. The van der Waals surface area contributed by atoms with E-state index in [0.29, 0.717) is 32.1 Å². The number of nitrogens with zero attached hydrogens (tertiary/aromatic N) is 2. The Hall–Kier alpha value is 0.120. The maximum Gasteiger partial charge on any atom is 0.281 e. The SMILES string of the molecule is CCN(CC)S(=O)(=O)N1CCC(C(C)N)C1.Cl. The molecular weight excluding hydrogens is 262 g/mol. The maximum atomic E-state index is 12.2. The molecule has 0 radical (unpaired) electrons. The zero-order valence-electron chi connectivity index (χ0n) is 10.8. The van der Waals surface area contributed by atoms with Crippen molar-refractivity contribution in [1.29, 1.82) is 0 Å². The van der Waals surface area contributed by atoms with E-state index >= 15 is 0 Å². The van der Waals surface area contributed by atoms with Gasteiger partial charge < -0.3 is 5.73 Å². The van der Waals surface area contributed by atoms with E-state index in [1.165, 1.54) is 4.31 Å². The first-order chi connectivity index (χ1) is 7.43. The molecule has 0 spiro atoms. The standard InChI is InChI=1S/C10H23N3O2S.ClH/c1-4-12(5-2)16(14,15)13-7-6-10(8-13)9(3)11;/h9-10H,4-8,11H2,1-3H3;1H. The zero-order chi connectivity index (χ0) is 12.3. The summed E-state index contributed by atoms with van der Waals surface area (Å²) in [6, 6.07) is 0.0666. The minimum Gasteiger partial charge on any atom is -0.328 e. The van der Waals surface area contributed by atoms with Crippen LogP contribution in [0.2, 0.25) is 0 Å². The van der Waals surface area contributed by atoms with Gasteiger partial charge in [0.05, 0.1) is 0 Å². The summed E-state index contributed by atoms with van der Waals surface area (Å²) in [5.74, 6) is 0.297. The summed E-state index contributed by atoms with van der Waals surface area (Å²) in [7, 11) is -3.26. The molecule has 2 atom stereocenters. The number of hydrogen-bond donors (Lipinski definition) is 1. The van der Waals surface area contributed by atoms with E-state index in [9.17, 15) is 8.42 Å². The second-order valence-corrected chi connectivity index (χ2v) is 6.29. The molecular formula is C10H24ClN3O2S. The summed E-state index contributed by atoms with van der Waals surface area (Å²) in [6.07, 6.45) is 0.873. The van der Waals surface area contributed by atoms with E-state index in [0.717, 1.165) is 6.42 Å². The Morgan fingerprint density at radius 2 is 1.94 bits per heavy atom. The highest BCUT2D eigenvalue weighted by molar-refractivity contribution is 7.86. The minimum absolute atomic E-state index is 0. The van der Waals surface area contributed by atoms with E-state index in [1.54, 1.807) is 4.31 Å². The van der Waals surface area contributed by atoms with Gasteiger partial charge in [0.2, 0.25) is 0 Å². The Morgan fingerprint density at radius 3 is 2.29 bits per heavy atom. The van der Waals surface area contributed by atoms with Crippen LogP contribution in [0.3, 0.4) is 0 Å². The van der Waals surface area contributed by atoms with Gasteiger partial charge in [-0.3, -0.25) is 0 Å². The van der Waals surface area contributed by atoms with Crippen LogP contribution < -0.4 is 5.73 Å². The predicted molar refractivity (Wildman–Crippen MR) is 72.4 cm³/mol. The molecule has 2 unspecified atom stereocenters. The quantitative estimate of drug-likeness (QED) is 0.807. The van der Waals surface area contributed by atoms with Crippen molar-refractivity contribution in [3.05, 3.63) is 0 Å². The lowest BCUT2D eigenvalue weighted by Crippen LogP contribution is -2.43. The number of hydrogen-bond acceptors (Lipinski definition) is 3.